The minimum atomic E-state index is -0.0685. The van der Waals surface area contributed by atoms with Gasteiger partial charge in [0.2, 0.25) is 0 Å². The van der Waals surface area contributed by atoms with E-state index in [1.807, 2.05) is 6.26 Å². The molecule has 102 valence electrons. The molecule has 0 fully saturated rings. The van der Waals surface area contributed by atoms with Gasteiger partial charge in [-0.25, -0.2) is 4.98 Å². The highest BCUT2D eigenvalue weighted by Gasteiger charge is 2.32. The van der Waals surface area contributed by atoms with Crippen LogP contribution in [0.3, 0.4) is 0 Å². The van der Waals surface area contributed by atoms with Gasteiger partial charge in [0, 0.05) is 16.7 Å². The number of aromatic nitrogens is 2. The van der Waals surface area contributed by atoms with Crippen molar-refractivity contribution in [1.29, 1.82) is 0 Å². The monoisotopic (exact) mass is 312 g/mol. The summed E-state index contributed by atoms with van der Waals surface area (Å²) in [5.74, 6) is 0. The van der Waals surface area contributed by atoms with Gasteiger partial charge in [0.05, 0.1) is 12.2 Å². The van der Waals surface area contributed by atoms with Crippen molar-refractivity contribution in [2.75, 3.05) is 6.26 Å². The number of nitrogens with one attached hydrogen (secondary N) is 1. The van der Waals surface area contributed by atoms with E-state index < -0.39 is 0 Å². The molecule has 1 atom stereocenters. The van der Waals surface area contributed by atoms with Crippen molar-refractivity contribution in [1.82, 2.24) is 9.97 Å². The Morgan fingerprint density at radius 2 is 2.37 bits per heavy atom. The van der Waals surface area contributed by atoms with Crippen LogP contribution in [0.4, 0.5) is 0 Å². The van der Waals surface area contributed by atoms with E-state index in [2.05, 4.69) is 23.8 Å². The SMILES string of the molecule is CC[C@]1(C)Cc2c(sc3nc(SC)[nH]c(=S)c23)CO1. The molecule has 0 bridgehead atoms. The molecule has 0 spiro atoms. The second-order valence-electron chi connectivity index (χ2n) is 5.03. The number of H-pyrrole nitrogens is 1. The van der Waals surface area contributed by atoms with Gasteiger partial charge in [-0.05, 0) is 25.2 Å². The van der Waals surface area contributed by atoms with Crippen molar-refractivity contribution in [3.8, 4) is 0 Å². The van der Waals surface area contributed by atoms with Crippen molar-refractivity contribution < 1.29 is 4.74 Å². The zero-order valence-corrected chi connectivity index (χ0v) is 13.7. The van der Waals surface area contributed by atoms with E-state index in [9.17, 15) is 0 Å². The molecule has 2 aromatic rings. The number of fused-ring (bicyclic) bond motifs is 3. The standard InChI is InChI=1S/C13H16N2OS3/c1-4-13(2)5-7-8(6-16-13)19-11-9(7)10(17)14-12(15-11)18-3/h4-6H2,1-3H3,(H,14,15,17)/t13-/m1/s1. The summed E-state index contributed by atoms with van der Waals surface area (Å²) < 4.78 is 6.81. The maximum absolute atomic E-state index is 6.00. The number of thiophene rings is 1. The molecule has 0 saturated carbocycles. The van der Waals surface area contributed by atoms with Gasteiger partial charge in [-0.1, -0.05) is 30.9 Å². The average molecular weight is 312 g/mol. The third kappa shape index (κ3) is 2.24. The van der Waals surface area contributed by atoms with E-state index in [0.29, 0.717) is 6.61 Å². The largest absolute Gasteiger partial charge is 0.369 e. The van der Waals surface area contributed by atoms with Crippen molar-refractivity contribution in [3.63, 3.8) is 0 Å². The summed E-state index contributed by atoms with van der Waals surface area (Å²) in [4.78, 5) is 10.2. The van der Waals surface area contributed by atoms with E-state index in [4.69, 9.17) is 17.0 Å². The number of hydrogen-bond donors (Lipinski definition) is 1. The first-order valence-electron chi connectivity index (χ1n) is 6.29. The number of thioether (sulfide) groups is 1. The van der Waals surface area contributed by atoms with Crippen molar-refractivity contribution in [2.24, 2.45) is 0 Å². The minimum absolute atomic E-state index is 0.0685. The van der Waals surface area contributed by atoms with Gasteiger partial charge in [0.25, 0.3) is 0 Å². The Morgan fingerprint density at radius 1 is 1.58 bits per heavy atom. The number of nitrogens with zero attached hydrogens (tertiary/aromatic N) is 1. The topological polar surface area (TPSA) is 37.9 Å². The Bertz CT molecular complexity index is 691. The summed E-state index contributed by atoms with van der Waals surface area (Å²) in [5.41, 5.74) is 1.28. The Labute approximate surface area is 125 Å². The Hall–Kier alpha value is -0.430. The second kappa shape index (κ2) is 4.84. The molecule has 0 amide bonds. The highest BCUT2D eigenvalue weighted by Crippen LogP contribution is 2.39. The zero-order chi connectivity index (χ0) is 13.6. The van der Waals surface area contributed by atoms with Crippen LogP contribution in [-0.2, 0) is 17.8 Å². The van der Waals surface area contributed by atoms with Crippen LogP contribution in [0.15, 0.2) is 5.16 Å². The maximum atomic E-state index is 6.00. The lowest BCUT2D eigenvalue weighted by molar-refractivity contribution is -0.0543. The number of rotatable bonds is 2. The molecule has 2 aromatic heterocycles. The minimum Gasteiger partial charge on any atom is -0.369 e. The van der Waals surface area contributed by atoms with Gasteiger partial charge in [-0.3, -0.25) is 0 Å². The normalized spacial score (nSPS) is 22.7. The molecule has 3 rings (SSSR count). The molecule has 6 heteroatoms. The van der Waals surface area contributed by atoms with Gasteiger partial charge in [-0.15, -0.1) is 11.3 Å². The fourth-order valence-corrected chi connectivity index (χ4v) is 4.39. The molecule has 0 saturated heterocycles. The van der Waals surface area contributed by atoms with Gasteiger partial charge in [-0.2, -0.15) is 0 Å². The first-order chi connectivity index (χ1) is 9.06. The van der Waals surface area contributed by atoms with Gasteiger partial charge in [0.15, 0.2) is 5.16 Å². The summed E-state index contributed by atoms with van der Waals surface area (Å²) >= 11 is 8.82. The molecule has 1 N–H and O–H groups in total. The smallest absolute Gasteiger partial charge is 0.167 e. The van der Waals surface area contributed by atoms with Crippen LogP contribution in [-0.4, -0.2) is 21.8 Å². The van der Waals surface area contributed by atoms with Crippen LogP contribution >= 0.6 is 35.3 Å². The van der Waals surface area contributed by atoms with E-state index in [-0.39, 0.29) is 5.60 Å². The molecular weight excluding hydrogens is 296 g/mol. The van der Waals surface area contributed by atoms with Crippen LogP contribution in [0, 0.1) is 4.64 Å². The summed E-state index contributed by atoms with van der Waals surface area (Å²) in [6.45, 7) is 5.03. The third-order valence-corrected chi connectivity index (χ3v) is 5.75. The fraction of sp³-hybridized carbons (Fsp3) is 0.538. The molecule has 1 aliphatic heterocycles. The highest BCUT2D eigenvalue weighted by molar-refractivity contribution is 7.98. The molecule has 0 aliphatic carbocycles. The van der Waals surface area contributed by atoms with E-state index >= 15 is 0 Å². The summed E-state index contributed by atoms with van der Waals surface area (Å²) in [6.07, 6.45) is 3.94. The molecule has 3 nitrogen and oxygen atoms in total. The molecule has 1 aliphatic rings. The Kier molecular flexibility index (Phi) is 3.45. The molecule has 0 unspecified atom stereocenters. The van der Waals surface area contributed by atoms with E-state index in [0.717, 1.165) is 32.9 Å². The first kappa shape index (κ1) is 13.5. The van der Waals surface area contributed by atoms with Gasteiger partial charge < -0.3 is 9.72 Å². The lowest BCUT2D eigenvalue weighted by atomic mass is 9.90. The van der Waals surface area contributed by atoms with Gasteiger partial charge >= 0.3 is 0 Å². The van der Waals surface area contributed by atoms with Crippen LogP contribution < -0.4 is 0 Å². The van der Waals surface area contributed by atoms with Crippen molar-refractivity contribution in [3.05, 3.63) is 15.1 Å². The lowest BCUT2D eigenvalue weighted by Crippen LogP contribution is -2.33. The lowest BCUT2D eigenvalue weighted by Gasteiger charge is -2.32. The third-order valence-electron chi connectivity index (χ3n) is 3.77. The van der Waals surface area contributed by atoms with Crippen LogP contribution in [0.1, 0.15) is 30.7 Å². The number of ether oxygens (including phenoxy) is 1. The summed E-state index contributed by atoms with van der Waals surface area (Å²) in [7, 11) is 0. The maximum Gasteiger partial charge on any atom is 0.167 e. The molecule has 0 aromatic carbocycles. The average Bonchev–Trinajstić information content (AvgIpc) is 2.76. The number of aromatic amines is 1. The van der Waals surface area contributed by atoms with E-state index in [1.54, 1.807) is 23.1 Å². The predicted octanol–water partition coefficient (Wildman–Crippen LogP) is 4.32. The first-order valence-corrected chi connectivity index (χ1v) is 8.74. The van der Waals surface area contributed by atoms with E-state index in [1.165, 1.54) is 10.4 Å². The molecule has 0 radical (unpaired) electrons. The molecule has 19 heavy (non-hydrogen) atoms. The Balaban J connectivity index is 2.21. The molecule has 3 heterocycles. The highest BCUT2D eigenvalue weighted by atomic mass is 32.2. The van der Waals surface area contributed by atoms with Crippen molar-refractivity contribution >= 4 is 45.5 Å². The quantitative estimate of drug-likeness (QED) is 0.509. The predicted molar refractivity (Wildman–Crippen MR) is 83.8 cm³/mol. The second-order valence-corrected chi connectivity index (χ2v) is 7.31. The fourth-order valence-electron chi connectivity index (χ4n) is 2.38. The zero-order valence-electron chi connectivity index (χ0n) is 11.2. The summed E-state index contributed by atoms with van der Waals surface area (Å²) in [6, 6.07) is 0. The molecular formula is C13H16N2OS3. The van der Waals surface area contributed by atoms with Crippen LogP contribution in [0.5, 0.6) is 0 Å². The summed E-state index contributed by atoms with van der Waals surface area (Å²) in [5, 5.41) is 2.02. The van der Waals surface area contributed by atoms with Crippen LogP contribution in [0.25, 0.3) is 10.2 Å². The van der Waals surface area contributed by atoms with Gasteiger partial charge in [0.1, 0.15) is 9.47 Å². The van der Waals surface area contributed by atoms with Crippen molar-refractivity contribution in [2.45, 2.75) is 44.1 Å². The Morgan fingerprint density at radius 3 is 3.05 bits per heavy atom. The number of hydrogen-bond acceptors (Lipinski definition) is 5. The van der Waals surface area contributed by atoms with Crippen LogP contribution in [0.2, 0.25) is 0 Å².